The van der Waals surface area contributed by atoms with Gasteiger partial charge in [-0.2, -0.15) is 4.98 Å². The van der Waals surface area contributed by atoms with Gasteiger partial charge in [0, 0.05) is 6.20 Å². The number of hydrogen-bond donors (Lipinski definition) is 1. The molecule has 0 saturated heterocycles. The van der Waals surface area contributed by atoms with Crippen LogP contribution in [0, 0.1) is 0 Å². The fraction of sp³-hybridized carbons (Fsp3) is 0.417. The highest BCUT2D eigenvalue weighted by atomic mass is 16.5. The van der Waals surface area contributed by atoms with Gasteiger partial charge in [-0.3, -0.25) is 4.98 Å². The maximum absolute atomic E-state index is 9.78. The molecule has 1 N–H and O–H groups in total. The Balaban J connectivity index is 1.88. The molecule has 0 amide bonds. The van der Waals surface area contributed by atoms with Crippen molar-refractivity contribution in [2.45, 2.75) is 31.3 Å². The Bertz CT molecular complexity index is 497. The molecule has 1 aliphatic rings. The Hall–Kier alpha value is -1.75. The molecule has 0 bridgehead atoms. The first-order valence-corrected chi connectivity index (χ1v) is 5.77. The Kier molecular flexibility index (Phi) is 2.60. The molecule has 2 heterocycles. The fourth-order valence-corrected chi connectivity index (χ4v) is 2.21. The minimum Gasteiger partial charge on any atom is -0.392 e. The van der Waals surface area contributed by atoms with Crippen molar-refractivity contribution < 1.29 is 9.63 Å². The van der Waals surface area contributed by atoms with Crippen LogP contribution in [-0.2, 0) is 0 Å². The molecule has 17 heavy (non-hydrogen) atoms. The van der Waals surface area contributed by atoms with Gasteiger partial charge >= 0.3 is 0 Å². The van der Waals surface area contributed by atoms with Crippen LogP contribution in [0.15, 0.2) is 28.9 Å². The van der Waals surface area contributed by atoms with Gasteiger partial charge in [0.2, 0.25) is 11.7 Å². The molecular formula is C12H13N3O2. The van der Waals surface area contributed by atoms with E-state index in [0.29, 0.717) is 17.4 Å². The highest BCUT2D eigenvalue weighted by Crippen LogP contribution is 2.34. The summed E-state index contributed by atoms with van der Waals surface area (Å²) in [5.41, 5.74) is 0.690. The van der Waals surface area contributed by atoms with Crippen LogP contribution in [-0.4, -0.2) is 26.3 Å². The summed E-state index contributed by atoms with van der Waals surface area (Å²) in [6, 6.07) is 5.55. The lowest BCUT2D eigenvalue weighted by molar-refractivity contribution is 0.148. The first kappa shape index (κ1) is 10.4. The van der Waals surface area contributed by atoms with Crippen LogP contribution in [0.5, 0.6) is 0 Å². The van der Waals surface area contributed by atoms with E-state index in [4.69, 9.17) is 4.52 Å². The molecule has 2 atom stereocenters. The van der Waals surface area contributed by atoms with Crippen LogP contribution in [0.25, 0.3) is 11.5 Å². The monoisotopic (exact) mass is 231 g/mol. The van der Waals surface area contributed by atoms with Crippen molar-refractivity contribution in [1.82, 2.24) is 15.1 Å². The molecule has 0 spiro atoms. The molecule has 88 valence electrons. The zero-order valence-electron chi connectivity index (χ0n) is 9.28. The lowest BCUT2D eigenvalue weighted by Crippen LogP contribution is -2.11. The van der Waals surface area contributed by atoms with E-state index >= 15 is 0 Å². The minimum atomic E-state index is -0.355. The topological polar surface area (TPSA) is 72.0 Å². The zero-order chi connectivity index (χ0) is 11.7. The molecule has 5 heteroatoms. The lowest BCUT2D eigenvalue weighted by atomic mass is 10.1. The van der Waals surface area contributed by atoms with Gasteiger partial charge in [-0.05, 0) is 31.4 Å². The first-order chi connectivity index (χ1) is 8.34. The SMILES string of the molecule is OC1CCCC1c1nc(-c2ccccn2)no1. The summed E-state index contributed by atoms with van der Waals surface area (Å²) in [6.07, 6.45) is 4.06. The predicted octanol–water partition coefficient (Wildman–Crippen LogP) is 1.76. The highest BCUT2D eigenvalue weighted by molar-refractivity contribution is 5.47. The average Bonchev–Trinajstić information content (AvgIpc) is 2.98. The second-order valence-corrected chi connectivity index (χ2v) is 4.28. The average molecular weight is 231 g/mol. The van der Waals surface area contributed by atoms with E-state index < -0.39 is 0 Å². The highest BCUT2D eigenvalue weighted by Gasteiger charge is 2.31. The molecule has 1 saturated carbocycles. The summed E-state index contributed by atoms with van der Waals surface area (Å²) >= 11 is 0. The molecule has 0 radical (unpaired) electrons. The largest absolute Gasteiger partial charge is 0.392 e. The van der Waals surface area contributed by atoms with Crippen LogP contribution in [0.2, 0.25) is 0 Å². The Morgan fingerprint density at radius 2 is 2.24 bits per heavy atom. The van der Waals surface area contributed by atoms with Crippen molar-refractivity contribution in [1.29, 1.82) is 0 Å². The number of aliphatic hydroxyl groups is 1. The quantitative estimate of drug-likeness (QED) is 0.852. The molecule has 2 unspecified atom stereocenters. The molecule has 2 aromatic heterocycles. The summed E-state index contributed by atoms with van der Waals surface area (Å²) in [7, 11) is 0. The van der Waals surface area contributed by atoms with Crippen LogP contribution in [0.4, 0.5) is 0 Å². The van der Waals surface area contributed by atoms with Crippen molar-refractivity contribution in [3.63, 3.8) is 0 Å². The summed E-state index contributed by atoms with van der Waals surface area (Å²) < 4.78 is 5.21. The van der Waals surface area contributed by atoms with Crippen molar-refractivity contribution in [3.8, 4) is 11.5 Å². The second kappa shape index (κ2) is 4.25. The summed E-state index contributed by atoms with van der Waals surface area (Å²) in [4.78, 5) is 8.47. The normalized spacial score (nSPS) is 24.1. The first-order valence-electron chi connectivity index (χ1n) is 5.77. The summed E-state index contributed by atoms with van der Waals surface area (Å²) in [5, 5.41) is 13.7. The van der Waals surface area contributed by atoms with Crippen LogP contribution in [0.1, 0.15) is 31.1 Å². The minimum absolute atomic E-state index is 0.0139. The van der Waals surface area contributed by atoms with Gasteiger partial charge in [-0.25, -0.2) is 0 Å². The number of aromatic nitrogens is 3. The van der Waals surface area contributed by atoms with Crippen LogP contribution < -0.4 is 0 Å². The van der Waals surface area contributed by atoms with E-state index in [-0.39, 0.29) is 12.0 Å². The van der Waals surface area contributed by atoms with Gasteiger partial charge in [0.15, 0.2) is 0 Å². The van der Waals surface area contributed by atoms with E-state index in [1.165, 1.54) is 0 Å². The van der Waals surface area contributed by atoms with Crippen molar-refractivity contribution in [3.05, 3.63) is 30.3 Å². The molecular weight excluding hydrogens is 218 g/mol. The van der Waals surface area contributed by atoms with E-state index in [2.05, 4.69) is 15.1 Å². The van der Waals surface area contributed by atoms with Crippen molar-refractivity contribution >= 4 is 0 Å². The van der Waals surface area contributed by atoms with E-state index in [1.807, 2.05) is 18.2 Å². The van der Waals surface area contributed by atoms with Gasteiger partial charge in [-0.15, -0.1) is 0 Å². The number of rotatable bonds is 2. The Morgan fingerprint density at radius 1 is 1.29 bits per heavy atom. The molecule has 1 fully saturated rings. The number of aliphatic hydroxyl groups excluding tert-OH is 1. The van der Waals surface area contributed by atoms with E-state index in [9.17, 15) is 5.11 Å². The molecule has 0 aliphatic heterocycles. The third kappa shape index (κ3) is 1.93. The van der Waals surface area contributed by atoms with Gasteiger partial charge in [-0.1, -0.05) is 11.2 Å². The number of pyridine rings is 1. The Morgan fingerprint density at radius 3 is 2.94 bits per heavy atom. The maximum Gasteiger partial charge on any atom is 0.232 e. The van der Waals surface area contributed by atoms with Crippen LogP contribution in [0.3, 0.4) is 0 Å². The smallest absolute Gasteiger partial charge is 0.232 e. The van der Waals surface area contributed by atoms with Gasteiger partial charge in [0.25, 0.3) is 0 Å². The lowest BCUT2D eigenvalue weighted by Gasteiger charge is -2.07. The van der Waals surface area contributed by atoms with Crippen LogP contribution >= 0.6 is 0 Å². The van der Waals surface area contributed by atoms with E-state index in [0.717, 1.165) is 19.3 Å². The van der Waals surface area contributed by atoms with E-state index in [1.54, 1.807) is 6.20 Å². The third-order valence-electron chi connectivity index (χ3n) is 3.13. The molecule has 0 aromatic carbocycles. The van der Waals surface area contributed by atoms with Gasteiger partial charge in [0.05, 0.1) is 12.0 Å². The molecule has 3 rings (SSSR count). The molecule has 1 aliphatic carbocycles. The summed E-state index contributed by atoms with van der Waals surface area (Å²) in [6.45, 7) is 0. The third-order valence-corrected chi connectivity index (χ3v) is 3.13. The maximum atomic E-state index is 9.78. The standard InChI is InChI=1S/C12H13N3O2/c16-10-6-3-4-8(10)12-14-11(15-17-12)9-5-1-2-7-13-9/h1-2,5,7-8,10,16H,3-4,6H2. The van der Waals surface area contributed by atoms with Gasteiger partial charge in [0.1, 0.15) is 5.69 Å². The molecule has 2 aromatic rings. The zero-order valence-corrected chi connectivity index (χ0v) is 9.28. The number of nitrogens with zero attached hydrogens (tertiary/aromatic N) is 3. The molecule has 5 nitrogen and oxygen atoms in total. The summed E-state index contributed by atoms with van der Waals surface area (Å²) in [5.74, 6) is 0.996. The fourth-order valence-electron chi connectivity index (χ4n) is 2.21. The number of hydrogen-bond acceptors (Lipinski definition) is 5. The van der Waals surface area contributed by atoms with Crippen molar-refractivity contribution in [2.75, 3.05) is 0 Å². The van der Waals surface area contributed by atoms with Gasteiger partial charge < -0.3 is 9.63 Å². The predicted molar refractivity (Wildman–Crippen MR) is 60.1 cm³/mol. The Labute approximate surface area is 98.5 Å². The van der Waals surface area contributed by atoms with Crippen molar-refractivity contribution in [2.24, 2.45) is 0 Å². The second-order valence-electron chi connectivity index (χ2n) is 4.28.